The van der Waals surface area contributed by atoms with Gasteiger partial charge in [-0.25, -0.2) is 4.79 Å². The smallest absolute Gasteiger partial charge is 0.408 e. The Kier molecular flexibility index (Phi) is 7.50. The largest absolute Gasteiger partial charge is 0.449 e. The average Bonchev–Trinajstić information content (AvgIpc) is 2.05. The van der Waals surface area contributed by atoms with Crippen LogP contribution in [0.25, 0.3) is 0 Å². The SMILES string of the molecule is C#C[C@@H](C)NC(=O)OCCSI. The molecule has 0 spiro atoms. The molecule has 0 radical (unpaired) electrons. The summed E-state index contributed by atoms with van der Waals surface area (Å²) in [6.07, 6.45) is 4.60. The zero-order valence-electron chi connectivity index (χ0n) is 6.67. The monoisotopic (exact) mass is 299 g/mol. The first-order chi connectivity index (χ1) is 5.70. The van der Waals surface area contributed by atoms with Gasteiger partial charge in [-0.15, -0.1) is 6.42 Å². The molecule has 68 valence electrons. The van der Waals surface area contributed by atoms with Gasteiger partial charge in [0.15, 0.2) is 0 Å². The minimum absolute atomic E-state index is 0.273. The lowest BCUT2D eigenvalue weighted by molar-refractivity contribution is 0.152. The number of terminal acetylenes is 1. The van der Waals surface area contributed by atoms with E-state index in [9.17, 15) is 4.79 Å². The van der Waals surface area contributed by atoms with E-state index < -0.39 is 6.09 Å². The van der Waals surface area contributed by atoms with Gasteiger partial charge in [0, 0.05) is 5.75 Å². The van der Waals surface area contributed by atoms with Crippen LogP contribution in [0.3, 0.4) is 0 Å². The molecule has 3 nitrogen and oxygen atoms in total. The van der Waals surface area contributed by atoms with Gasteiger partial charge in [-0.05, 0) is 28.1 Å². The van der Waals surface area contributed by atoms with E-state index in [4.69, 9.17) is 11.2 Å². The van der Waals surface area contributed by atoms with Gasteiger partial charge in [0.2, 0.25) is 0 Å². The zero-order chi connectivity index (χ0) is 9.40. The van der Waals surface area contributed by atoms with E-state index in [2.05, 4.69) is 32.4 Å². The van der Waals surface area contributed by atoms with Crippen molar-refractivity contribution in [2.24, 2.45) is 0 Å². The lowest BCUT2D eigenvalue weighted by Gasteiger charge is -2.07. The molecular weight excluding hydrogens is 289 g/mol. The van der Waals surface area contributed by atoms with Gasteiger partial charge in [0.25, 0.3) is 0 Å². The topological polar surface area (TPSA) is 38.3 Å². The van der Waals surface area contributed by atoms with Crippen LogP contribution in [-0.4, -0.2) is 24.5 Å². The van der Waals surface area contributed by atoms with Crippen LogP contribution in [0.5, 0.6) is 0 Å². The van der Waals surface area contributed by atoms with Crippen molar-refractivity contribution in [3.05, 3.63) is 0 Å². The first kappa shape index (κ1) is 11.9. The van der Waals surface area contributed by atoms with E-state index in [1.54, 1.807) is 15.9 Å². The highest BCUT2D eigenvalue weighted by Gasteiger charge is 2.03. The van der Waals surface area contributed by atoms with E-state index in [0.29, 0.717) is 6.61 Å². The van der Waals surface area contributed by atoms with Crippen LogP contribution in [0.15, 0.2) is 0 Å². The number of halogens is 1. The summed E-state index contributed by atoms with van der Waals surface area (Å²) in [7, 11) is 1.59. The van der Waals surface area contributed by atoms with Gasteiger partial charge in [0.05, 0.1) is 6.04 Å². The fourth-order valence-corrected chi connectivity index (χ4v) is 1.11. The van der Waals surface area contributed by atoms with Crippen LogP contribution in [0.2, 0.25) is 0 Å². The predicted octanol–water partition coefficient (Wildman–Crippen LogP) is 1.82. The van der Waals surface area contributed by atoms with Gasteiger partial charge in [0.1, 0.15) is 6.61 Å². The molecule has 0 aliphatic heterocycles. The van der Waals surface area contributed by atoms with Crippen molar-refractivity contribution in [2.45, 2.75) is 13.0 Å². The molecule has 0 aromatic heterocycles. The Morgan fingerprint density at radius 3 is 3.08 bits per heavy atom. The molecule has 1 N–H and O–H groups in total. The number of rotatable bonds is 4. The lowest BCUT2D eigenvalue weighted by Crippen LogP contribution is -2.32. The minimum Gasteiger partial charge on any atom is -0.449 e. The fourth-order valence-electron chi connectivity index (χ4n) is 0.426. The molecule has 0 unspecified atom stereocenters. The third-order valence-corrected chi connectivity index (χ3v) is 2.62. The molecule has 0 fully saturated rings. The number of hydrogen-bond acceptors (Lipinski definition) is 3. The first-order valence-electron chi connectivity index (χ1n) is 3.33. The highest BCUT2D eigenvalue weighted by Crippen LogP contribution is 2.09. The summed E-state index contributed by atoms with van der Waals surface area (Å²) in [5.41, 5.74) is 0. The van der Waals surface area contributed by atoms with Gasteiger partial charge in [-0.2, -0.15) is 0 Å². The maximum Gasteiger partial charge on any atom is 0.408 e. The summed E-state index contributed by atoms with van der Waals surface area (Å²) in [6.45, 7) is 2.13. The second-order valence-electron chi connectivity index (χ2n) is 1.98. The first-order valence-corrected chi connectivity index (χ1v) is 6.86. The lowest BCUT2D eigenvalue weighted by atomic mass is 10.4. The summed E-state index contributed by atoms with van der Waals surface area (Å²) >= 11 is 2.14. The Labute approximate surface area is 88.6 Å². The van der Waals surface area contributed by atoms with Crippen LogP contribution in [0, 0.1) is 12.3 Å². The summed E-state index contributed by atoms with van der Waals surface area (Å²) in [5, 5.41) is 2.48. The molecule has 0 aliphatic rings. The van der Waals surface area contributed by atoms with Crippen molar-refractivity contribution < 1.29 is 9.53 Å². The molecule has 5 heteroatoms. The number of alkyl carbamates (subject to hydrolysis) is 1. The van der Waals surface area contributed by atoms with Crippen LogP contribution in [-0.2, 0) is 4.74 Å². The molecule has 0 rings (SSSR count). The number of carbonyl (C=O) groups is 1. The van der Waals surface area contributed by atoms with Crippen molar-refractivity contribution in [3.63, 3.8) is 0 Å². The molecule has 12 heavy (non-hydrogen) atoms. The predicted molar refractivity (Wildman–Crippen MR) is 59.3 cm³/mol. The van der Waals surface area contributed by atoms with E-state index in [1.165, 1.54) is 0 Å². The van der Waals surface area contributed by atoms with Gasteiger partial charge in [-0.3, -0.25) is 0 Å². The molecule has 0 saturated carbocycles. The van der Waals surface area contributed by atoms with Crippen molar-refractivity contribution in [1.82, 2.24) is 5.32 Å². The number of hydrogen-bond donors (Lipinski definition) is 1. The third kappa shape index (κ3) is 6.61. The zero-order valence-corrected chi connectivity index (χ0v) is 9.65. The maximum absolute atomic E-state index is 10.8. The van der Waals surface area contributed by atoms with Gasteiger partial charge >= 0.3 is 6.09 Å². The summed E-state index contributed by atoms with van der Waals surface area (Å²) in [5.74, 6) is 3.16. The Bertz CT molecular complexity index is 181. The molecule has 1 amide bonds. The molecule has 0 saturated heterocycles. The van der Waals surface area contributed by atoms with Crippen molar-refractivity contribution in [1.29, 1.82) is 0 Å². The standard InChI is InChI=1S/C7H10INO2S/c1-3-6(2)9-7(10)11-4-5-12-8/h1,6H,4-5H2,2H3,(H,9,10)/t6-/m1/s1. The van der Waals surface area contributed by atoms with Crippen LogP contribution < -0.4 is 5.32 Å². The van der Waals surface area contributed by atoms with E-state index in [1.807, 2.05) is 0 Å². The average molecular weight is 299 g/mol. The number of ether oxygens (including phenoxy) is 1. The van der Waals surface area contributed by atoms with Crippen LogP contribution >= 0.6 is 30.1 Å². The van der Waals surface area contributed by atoms with E-state index in [-0.39, 0.29) is 6.04 Å². The number of nitrogens with one attached hydrogen (secondary N) is 1. The third-order valence-electron chi connectivity index (χ3n) is 0.978. The highest BCUT2D eigenvalue weighted by atomic mass is 127. The second-order valence-corrected chi connectivity index (χ2v) is 4.48. The van der Waals surface area contributed by atoms with Crippen LogP contribution in [0.1, 0.15) is 6.92 Å². The molecular formula is C7H10INO2S. The molecule has 0 bridgehead atoms. The van der Waals surface area contributed by atoms with Crippen molar-refractivity contribution in [2.75, 3.05) is 12.4 Å². The minimum atomic E-state index is -0.453. The molecule has 1 atom stereocenters. The Hall–Kier alpha value is -0.0900. The summed E-state index contributed by atoms with van der Waals surface area (Å²) in [6, 6.07) is -0.273. The summed E-state index contributed by atoms with van der Waals surface area (Å²) in [4.78, 5) is 10.8. The normalized spacial score (nSPS) is 11.4. The van der Waals surface area contributed by atoms with Crippen LogP contribution in [0.4, 0.5) is 4.79 Å². The Balaban J connectivity index is 3.41. The molecule has 0 heterocycles. The second kappa shape index (κ2) is 7.55. The molecule has 0 aromatic rings. The summed E-state index contributed by atoms with van der Waals surface area (Å²) < 4.78 is 4.78. The Morgan fingerprint density at radius 2 is 2.58 bits per heavy atom. The van der Waals surface area contributed by atoms with E-state index in [0.717, 1.165) is 5.75 Å². The maximum atomic E-state index is 10.8. The number of carbonyl (C=O) groups excluding carboxylic acids is 1. The van der Waals surface area contributed by atoms with Crippen molar-refractivity contribution >= 4 is 36.2 Å². The van der Waals surface area contributed by atoms with Crippen molar-refractivity contribution in [3.8, 4) is 12.3 Å². The van der Waals surface area contributed by atoms with Gasteiger partial charge < -0.3 is 10.1 Å². The van der Waals surface area contributed by atoms with E-state index >= 15 is 0 Å². The quantitative estimate of drug-likeness (QED) is 0.489. The van der Waals surface area contributed by atoms with Gasteiger partial charge in [-0.1, -0.05) is 14.9 Å². The Morgan fingerprint density at radius 1 is 1.92 bits per heavy atom. The molecule has 0 aliphatic carbocycles. The molecule has 0 aromatic carbocycles. The number of amides is 1. The fraction of sp³-hybridized carbons (Fsp3) is 0.571. The highest BCUT2D eigenvalue weighted by molar-refractivity contribution is 14.2.